The molecule has 0 atom stereocenters. The van der Waals surface area contributed by atoms with Gasteiger partial charge in [0.05, 0.1) is 21.7 Å². The molecule has 9 heteroatoms. The number of benzene rings is 3. The zero-order chi connectivity index (χ0) is 23.9. The number of hydrogen-bond acceptors (Lipinski definition) is 5. The van der Waals surface area contributed by atoms with Crippen molar-refractivity contribution in [1.82, 2.24) is 4.90 Å². The van der Waals surface area contributed by atoms with Gasteiger partial charge in [-0.25, -0.2) is 8.42 Å². The minimum Gasteiger partial charge on any atom is -0.325 e. The van der Waals surface area contributed by atoms with E-state index in [1.165, 1.54) is 4.31 Å². The van der Waals surface area contributed by atoms with Crippen LogP contribution in [0.3, 0.4) is 0 Å². The number of rotatable bonds is 5. The van der Waals surface area contributed by atoms with Gasteiger partial charge in [-0.3, -0.25) is 23.6 Å². The highest BCUT2D eigenvalue weighted by Gasteiger charge is 2.36. The van der Waals surface area contributed by atoms with Crippen LogP contribution in [0.4, 0.5) is 11.4 Å². The molecule has 3 aromatic rings. The van der Waals surface area contributed by atoms with Gasteiger partial charge in [-0.05, 0) is 60.9 Å². The van der Waals surface area contributed by atoms with E-state index >= 15 is 0 Å². The van der Waals surface area contributed by atoms with E-state index in [9.17, 15) is 22.8 Å². The molecular formula is C25H21N3O5S. The predicted octanol–water partition coefficient (Wildman–Crippen LogP) is 3.06. The van der Waals surface area contributed by atoms with Crippen molar-refractivity contribution < 1.29 is 22.8 Å². The molecule has 172 valence electrons. The highest BCUT2D eigenvalue weighted by molar-refractivity contribution is 7.92. The summed E-state index contributed by atoms with van der Waals surface area (Å²) in [5.74, 6) is -1.51. The standard InChI is InChI=1S/C25H21N3O5S/c29-23(16-27-24(30)20-10-4-5-11-21(20)25(27)31)26-18-12-13-22-17(15-18)7-6-14-28(22)34(32,33)19-8-2-1-3-9-19/h1-5,8-13,15H,6-7,14,16H2,(H,26,29). The van der Waals surface area contributed by atoms with Crippen LogP contribution in [0.2, 0.25) is 0 Å². The summed E-state index contributed by atoms with van der Waals surface area (Å²) in [7, 11) is -3.70. The van der Waals surface area contributed by atoms with E-state index in [0.717, 1.165) is 10.5 Å². The number of anilines is 2. The van der Waals surface area contributed by atoms with Crippen molar-refractivity contribution in [2.45, 2.75) is 17.7 Å². The zero-order valence-electron chi connectivity index (χ0n) is 18.1. The van der Waals surface area contributed by atoms with Crippen molar-refractivity contribution in [2.24, 2.45) is 0 Å². The summed E-state index contributed by atoms with van der Waals surface area (Å²) in [5.41, 5.74) is 2.42. The Kier molecular flexibility index (Phi) is 5.41. The van der Waals surface area contributed by atoms with Crippen molar-refractivity contribution in [3.8, 4) is 0 Å². The fourth-order valence-electron chi connectivity index (χ4n) is 4.34. The van der Waals surface area contributed by atoms with E-state index in [1.807, 2.05) is 0 Å². The average Bonchev–Trinajstić information content (AvgIpc) is 3.09. The molecule has 0 saturated carbocycles. The molecule has 3 aromatic carbocycles. The summed E-state index contributed by atoms with van der Waals surface area (Å²) in [6, 6.07) is 19.8. The van der Waals surface area contributed by atoms with Crippen LogP contribution in [-0.4, -0.2) is 44.1 Å². The van der Waals surface area contributed by atoms with E-state index < -0.39 is 34.3 Å². The van der Waals surface area contributed by atoms with Crippen LogP contribution in [-0.2, 0) is 21.2 Å². The van der Waals surface area contributed by atoms with Crippen LogP contribution in [0.15, 0.2) is 77.7 Å². The third-order valence-corrected chi connectivity index (χ3v) is 7.78. The Hall–Kier alpha value is -3.98. The van der Waals surface area contributed by atoms with E-state index in [1.54, 1.807) is 72.8 Å². The van der Waals surface area contributed by atoms with Gasteiger partial charge in [0.2, 0.25) is 5.91 Å². The number of amides is 3. The third-order valence-electron chi connectivity index (χ3n) is 5.95. The lowest BCUT2D eigenvalue weighted by Crippen LogP contribution is -2.37. The number of nitrogens with one attached hydrogen (secondary N) is 1. The van der Waals surface area contributed by atoms with Crippen molar-refractivity contribution in [1.29, 1.82) is 0 Å². The minimum atomic E-state index is -3.70. The second-order valence-corrected chi connectivity index (χ2v) is 9.99. The summed E-state index contributed by atoms with van der Waals surface area (Å²) >= 11 is 0. The molecule has 0 unspecified atom stereocenters. The highest BCUT2D eigenvalue weighted by Crippen LogP contribution is 2.34. The maximum Gasteiger partial charge on any atom is 0.264 e. The number of nitrogens with zero attached hydrogens (tertiary/aromatic N) is 2. The number of aryl methyl sites for hydroxylation is 1. The highest BCUT2D eigenvalue weighted by atomic mass is 32.2. The van der Waals surface area contributed by atoms with Gasteiger partial charge in [-0.15, -0.1) is 0 Å². The smallest absolute Gasteiger partial charge is 0.264 e. The predicted molar refractivity (Wildman–Crippen MR) is 126 cm³/mol. The van der Waals surface area contributed by atoms with E-state index in [4.69, 9.17) is 0 Å². The molecule has 2 aliphatic heterocycles. The lowest BCUT2D eigenvalue weighted by molar-refractivity contribution is -0.116. The van der Waals surface area contributed by atoms with Crippen LogP contribution in [0.1, 0.15) is 32.7 Å². The van der Waals surface area contributed by atoms with Crippen molar-refractivity contribution >= 4 is 39.1 Å². The number of fused-ring (bicyclic) bond motifs is 2. The molecule has 0 bridgehead atoms. The topological polar surface area (TPSA) is 104 Å². The normalized spacial score (nSPS) is 15.2. The monoisotopic (exact) mass is 475 g/mol. The van der Waals surface area contributed by atoms with Gasteiger partial charge in [0.1, 0.15) is 6.54 Å². The third kappa shape index (κ3) is 3.73. The first-order valence-corrected chi connectivity index (χ1v) is 12.3. The SMILES string of the molecule is O=C(CN1C(=O)c2ccccc2C1=O)Nc1ccc2c(c1)CCCN2S(=O)(=O)c1ccccc1. The Labute approximate surface area is 196 Å². The molecule has 0 aliphatic carbocycles. The molecule has 3 amide bonds. The molecule has 34 heavy (non-hydrogen) atoms. The van der Waals surface area contributed by atoms with E-state index in [0.29, 0.717) is 30.8 Å². The molecular weight excluding hydrogens is 454 g/mol. The molecule has 8 nitrogen and oxygen atoms in total. The molecule has 2 aliphatic rings. The van der Waals surface area contributed by atoms with E-state index in [-0.39, 0.29) is 16.0 Å². The number of hydrogen-bond donors (Lipinski definition) is 1. The van der Waals surface area contributed by atoms with Crippen LogP contribution < -0.4 is 9.62 Å². The fraction of sp³-hybridized carbons (Fsp3) is 0.160. The minimum absolute atomic E-state index is 0.223. The Balaban J connectivity index is 1.33. The van der Waals surface area contributed by atoms with Crippen LogP contribution in [0.5, 0.6) is 0 Å². The molecule has 5 rings (SSSR count). The summed E-state index contributed by atoms with van der Waals surface area (Å²) in [5, 5.41) is 2.72. The molecule has 0 saturated heterocycles. The largest absolute Gasteiger partial charge is 0.325 e. The first-order valence-electron chi connectivity index (χ1n) is 10.8. The second-order valence-electron chi connectivity index (χ2n) is 8.13. The first-order chi connectivity index (χ1) is 16.4. The molecule has 0 fully saturated rings. The molecule has 2 heterocycles. The fourth-order valence-corrected chi connectivity index (χ4v) is 5.90. The van der Waals surface area contributed by atoms with Gasteiger partial charge in [-0.2, -0.15) is 0 Å². The summed E-state index contributed by atoms with van der Waals surface area (Å²) in [4.78, 5) is 38.8. The van der Waals surface area contributed by atoms with Gasteiger partial charge < -0.3 is 5.32 Å². The van der Waals surface area contributed by atoms with Crippen LogP contribution in [0.25, 0.3) is 0 Å². The van der Waals surface area contributed by atoms with Crippen molar-refractivity contribution in [3.63, 3.8) is 0 Å². The van der Waals surface area contributed by atoms with Crippen LogP contribution in [0, 0.1) is 0 Å². The van der Waals surface area contributed by atoms with Gasteiger partial charge in [-0.1, -0.05) is 30.3 Å². The molecule has 1 N–H and O–H groups in total. The Morgan fingerprint density at radius 3 is 2.21 bits per heavy atom. The maximum atomic E-state index is 13.1. The second kappa shape index (κ2) is 8.42. The molecule has 0 spiro atoms. The van der Waals surface area contributed by atoms with Crippen molar-refractivity contribution in [2.75, 3.05) is 22.7 Å². The molecule has 0 radical (unpaired) electrons. The number of sulfonamides is 1. The summed E-state index contributed by atoms with van der Waals surface area (Å²) in [6.45, 7) is -0.0341. The zero-order valence-corrected chi connectivity index (χ0v) is 18.9. The van der Waals surface area contributed by atoms with Gasteiger partial charge in [0.15, 0.2) is 0 Å². The van der Waals surface area contributed by atoms with Gasteiger partial charge >= 0.3 is 0 Å². The maximum absolute atomic E-state index is 13.1. The average molecular weight is 476 g/mol. The lowest BCUT2D eigenvalue weighted by atomic mass is 10.0. The van der Waals surface area contributed by atoms with E-state index in [2.05, 4.69) is 5.32 Å². The number of carbonyl (C=O) groups excluding carboxylic acids is 3. The molecule has 0 aromatic heterocycles. The Bertz CT molecular complexity index is 1380. The van der Waals surface area contributed by atoms with Gasteiger partial charge in [0.25, 0.3) is 21.8 Å². The van der Waals surface area contributed by atoms with Crippen molar-refractivity contribution in [3.05, 3.63) is 89.5 Å². The quantitative estimate of drug-likeness (QED) is 0.571. The Morgan fingerprint density at radius 1 is 0.882 bits per heavy atom. The van der Waals surface area contributed by atoms with Gasteiger partial charge in [0, 0.05) is 12.2 Å². The number of imide groups is 1. The Morgan fingerprint density at radius 2 is 1.53 bits per heavy atom. The number of carbonyl (C=O) groups is 3. The first kappa shape index (κ1) is 21.8. The summed E-state index contributed by atoms with van der Waals surface area (Å²) < 4.78 is 27.7. The van der Waals surface area contributed by atoms with Crippen LogP contribution >= 0.6 is 0 Å². The summed E-state index contributed by atoms with van der Waals surface area (Å²) in [6.07, 6.45) is 1.31. The lowest BCUT2D eigenvalue weighted by Gasteiger charge is -2.31.